The smallest absolute Gasteiger partial charge is 0.0223 e. The van der Waals surface area contributed by atoms with Crippen LogP contribution >= 0.6 is 11.6 Å². The molecule has 0 spiro atoms. The molecule has 0 aromatic carbocycles. The summed E-state index contributed by atoms with van der Waals surface area (Å²) in [7, 11) is 0. The van der Waals surface area contributed by atoms with Gasteiger partial charge in [-0.15, -0.1) is 11.6 Å². The highest BCUT2D eigenvalue weighted by atomic mass is 35.5. The van der Waals surface area contributed by atoms with Crippen molar-refractivity contribution in [1.82, 2.24) is 4.90 Å². The molecule has 0 radical (unpaired) electrons. The van der Waals surface area contributed by atoms with Crippen LogP contribution in [0.15, 0.2) is 0 Å². The number of halogens is 1. The number of unbranched alkanes of at least 4 members (excludes halogenated alkanes) is 1. The molecule has 2 heteroatoms. The number of nitrogens with zero attached hydrogens (tertiary/aromatic N) is 1. The first-order valence-corrected chi connectivity index (χ1v) is 6.72. The van der Waals surface area contributed by atoms with Crippen molar-refractivity contribution in [2.45, 2.75) is 57.9 Å². The summed E-state index contributed by atoms with van der Waals surface area (Å²) in [5, 5.41) is 0. The average molecular weight is 218 g/mol. The third kappa shape index (κ3) is 4.18. The largest absolute Gasteiger partial charge is 0.300 e. The summed E-state index contributed by atoms with van der Waals surface area (Å²) in [5.74, 6) is 0.824. The minimum atomic E-state index is 0.824. The second-order valence-electron chi connectivity index (χ2n) is 4.34. The summed E-state index contributed by atoms with van der Waals surface area (Å²) in [6.07, 6.45) is 9.46. The standard InChI is InChI=1S/C12H24ClN/c1-2-12-8-4-3-6-10-14(12)11-7-5-9-13/h12H,2-11H2,1H3. The van der Waals surface area contributed by atoms with E-state index in [2.05, 4.69) is 11.8 Å². The molecule has 0 saturated carbocycles. The quantitative estimate of drug-likeness (QED) is 0.502. The first kappa shape index (κ1) is 12.3. The number of alkyl halides is 1. The minimum Gasteiger partial charge on any atom is -0.300 e. The van der Waals surface area contributed by atoms with Crippen LogP contribution in [0.3, 0.4) is 0 Å². The molecule has 0 bridgehead atoms. The van der Waals surface area contributed by atoms with E-state index in [1.165, 1.54) is 58.0 Å². The molecule has 0 amide bonds. The van der Waals surface area contributed by atoms with Gasteiger partial charge in [-0.1, -0.05) is 19.8 Å². The Labute approximate surface area is 93.8 Å². The summed E-state index contributed by atoms with van der Waals surface area (Å²) < 4.78 is 0. The SMILES string of the molecule is CCC1CCCCCN1CCCCCl. The number of rotatable bonds is 5. The van der Waals surface area contributed by atoms with Gasteiger partial charge in [0.15, 0.2) is 0 Å². The zero-order valence-electron chi connectivity index (χ0n) is 9.47. The van der Waals surface area contributed by atoms with Crippen molar-refractivity contribution in [3.05, 3.63) is 0 Å². The molecule has 1 aliphatic rings. The van der Waals surface area contributed by atoms with E-state index in [0.29, 0.717) is 0 Å². The lowest BCUT2D eigenvalue weighted by Crippen LogP contribution is -2.35. The van der Waals surface area contributed by atoms with Crippen LogP contribution in [0.5, 0.6) is 0 Å². The highest BCUT2D eigenvalue weighted by Gasteiger charge is 2.18. The van der Waals surface area contributed by atoms with Gasteiger partial charge in [-0.2, -0.15) is 0 Å². The molecule has 1 unspecified atom stereocenters. The first-order chi connectivity index (χ1) is 6.88. The van der Waals surface area contributed by atoms with E-state index >= 15 is 0 Å². The fraction of sp³-hybridized carbons (Fsp3) is 1.00. The Morgan fingerprint density at radius 3 is 2.79 bits per heavy atom. The van der Waals surface area contributed by atoms with Crippen molar-refractivity contribution >= 4 is 11.6 Å². The van der Waals surface area contributed by atoms with Crippen molar-refractivity contribution in [1.29, 1.82) is 0 Å². The lowest BCUT2D eigenvalue weighted by atomic mass is 10.1. The van der Waals surface area contributed by atoms with Crippen LogP contribution in [0.1, 0.15) is 51.9 Å². The zero-order valence-corrected chi connectivity index (χ0v) is 10.2. The first-order valence-electron chi connectivity index (χ1n) is 6.18. The van der Waals surface area contributed by atoms with Gasteiger partial charge >= 0.3 is 0 Å². The maximum absolute atomic E-state index is 5.70. The van der Waals surface area contributed by atoms with E-state index in [4.69, 9.17) is 11.6 Å². The summed E-state index contributed by atoms with van der Waals surface area (Å²) in [5.41, 5.74) is 0. The predicted molar refractivity (Wildman–Crippen MR) is 64.1 cm³/mol. The topological polar surface area (TPSA) is 3.24 Å². The Morgan fingerprint density at radius 2 is 2.07 bits per heavy atom. The van der Waals surface area contributed by atoms with E-state index in [-0.39, 0.29) is 0 Å². The van der Waals surface area contributed by atoms with Crippen LogP contribution in [-0.2, 0) is 0 Å². The van der Waals surface area contributed by atoms with Crippen molar-refractivity contribution in [2.75, 3.05) is 19.0 Å². The normalized spacial score (nSPS) is 24.9. The molecular formula is C12H24ClN. The molecule has 0 aromatic heterocycles. The summed E-state index contributed by atoms with van der Waals surface area (Å²) >= 11 is 5.70. The molecule has 1 saturated heterocycles. The molecule has 0 aromatic rings. The molecule has 1 aliphatic heterocycles. The van der Waals surface area contributed by atoms with Crippen LogP contribution in [0, 0.1) is 0 Å². The fourth-order valence-corrected chi connectivity index (χ4v) is 2.59. The van der Waals surface area contributed by atoms with Gasteiger partial charge in [0.05, 0.1) is 0 Å². The van der Waals surface area contributed by atoms with Crippen LogP contribution in [-0.4, -0.2) is 29.9 Å². The molecule has 1 heterocycles. The maximum atomic E-state index is 5.70. The van der Waals surface area contributed by atoms with Crippen LogP contribution in [0.25, 0.3) is 0 Å². The van der Waals surface area contributed by atoms with E-state index in [1.807, 2.05) is 0 Å². The van der Waals surface area contributed by atoms with E-state index < -0.39 is 0 Å². The van der Waals surface area contributed by atoms with Gasteiger partial charge in [-0.3, -0.25) is 0 Å². The minimum absolute atomic E-state index is 0.824. The molecule has 84 valence electrons. The number of hydrogen-bond donors (Lipinski definition) is 0. The van der Waals surface area contributed by atoms with Gasteiger partial charge in [0, 0.05) is 11.9 Å². The van der Waals surface area contributed by atoms with Crippen LogP contribution in [0.2, 0.25) is 0 Å². The van der Waals surface area contributed by atoms with Crippen LogP contribution < -0.4 is 0 Å². The molecular weight excluding hydrogens is 194 g/mol. The Hall–Kier alpha value is 0.250. The average Bonchev–Trinajstić information content (AvgIpc) is 2.43. The van der Waals surface area contributed by atoms with Crippen molar-refractivity contribution < 1.29 is 0 Å². The van der Waals surface area contributed by atoms with E-state index in [0.717, 1.165) is 11.9 Å². The van der Waals surface area contributed by atoms with Gasteiger partial charge in [0.25, 0.3) is 0 Å². The Balaban J connectivity index is 2.28. The highest BCUT2D eigenvalue weighted by Crippen LogP contribution is 2.19. The van der Waals surface area contributed by atoms with Crippen molar-refractivity contribution in [3.63, 3.8) is 0 Å². The summed E-state index contributed by atoms with van der Waals surface area (Å²) in [4.78, 5) is 2.69. The Morgan fingerprint density at radius 1 is 1.21 bits per heavy atom. The van der Waals surface area contributed by atoms with Gasteiger partial charge < -0.3 is 4.90 Å². The predicted octanol–water partition coefficient (Wildman–Crippen LogP) is 3.66. The molecule has 1 nitrogen and oxygen atoms in total. The second-order valence-corrected chi connectivity index (χ2v) is 4.72. The number of hydrogen-bond acceptors (Lipinski definition) is 1. The maximum Gasteiger partial charge on any atom is 0.0223 e. The van der Waals surface area contributed by atoms with Crippen molar-refractivity contribution in [3.8, 4) is 0 Å². The highest BCUT2D eigenvalue weighted by molar-refractivity contribution is 6.17. The van der Waals surface area contributed by atoms with E-state index in [1.54, 1.807) is 0 Å². The third-order valence-electron chi connectivity index (χ3n) is 3.30. The van der Waals surface area contributed by atoms with Gasteiger partial charge in [0.2, 0.25) is 0 Å². The lowest BCUT2D eigenvalue weighted by Gasteiger charge is -2.28. The Bertz CT molecular complexity index is 138. The fourth-order valence-electron chi connectivity index (χ4n) is 2.40. The lowest BCUT2D eigenvalue weighted by molar-refractivity contribution is 0.192. The molecule has 14 heavy (non-hydrogen) atoms. The van der Waals surface area contributed by atoms with Gasteiger partial charge in [-0.05, 0) is 45.2 Å². The molecule has 0 N–H and O–H groups in total. The zero-order chi connectivity index (χ0) is 10.2. The summed E-state index contributed by atoms with van der Waals surface area (Å²) in [6.45, 7) is 4.91. The second kappa shape index (κ2) is 7.53. The molecule has 1 fully saturated rings. The summed E-state index contributed by atoms with van der Waals surface area (Å²) in [6, 6.07) is 0.854. The van der Waals surface area contributed by atoms with Crippen molar-refractivity contribution in [2.24, 2.45) is 0 Å². The van der Waals surface area contributed by atoms with Gasteiger partial charge in [0.1, 0.15) is 0 Å². The third-order valence-corrected chi connectivity index (χ3v) is 3.57. The molecule has 0 aliphatic carbocycles. The van der Waals surface area contributed by atoms with E-state index in [9.17, 15) is 0 Å². The Kier molecular flexibility index (Phi) is 6.63. The van der Waals surface area contributed by atoms with Gasteiger partial charge in [-0.25, -0.2) is 0 Å². The molecule has 1 rings (SSSR count). The monoisotopic (exact) mass is 217 g/mol. The van der Waals surface area contributed by atoms with Crippen LogP contribution in [0.4, 0.5) is 0 Å². The number of likely N-dealkylation sites (tertiary alicyclic amines) is 1. The molecule has 1 atom stereocenters.